The normalized spacial score (nSPS) is 33.6. The number of nitrogens with two attached hydrogens (primary N) is 1. The van der Waals surface area contributed by atoms with Crippen LogP contribution < -0.4 is 11.1 Å². The summed E-state index contributed by atoms with van der Waals surface area (Å²) in [6, 6.07) is 0.270. The second kappa shape index (κ2) is 4.44. The fraction of sp³-hybridized carbons (Fsp3) is 0.727. The van der Waals surface area contributed by atoms with E-state index in [1.165, 1.54) is 0 Å². The number of rotatable bonds is 2. The molecule has 0 aliphatic carbocycles. The second-order valence-electron chi connectivity index (χ2n) is 4.97. The summed E-state index contributed by atoms with van der Waals surface area (Å²) >= 11 is 0. The van der Waals surface area contributed by atoms with Gasteiger partial charge in [-0.15, -0.1) is 5.10 Å². The third kappa shape index (κ3) is 2.17. The Kier molecular flexibility index (Phi) is 3.15. The molecule has 2 rings (SSSR count). The highest BCUT2D eigenvalue weighted by Gasteiger charge is 2.39. The van der Waals surface area contributed by atoms with Gasteiger partial charge in [0.05, 0.1) is 23.9 Å². The molecule has 1 amide bonds. The van der Waals surface area contributed by atoms with Crippen LogP contribution in [0.3, 0.4) is 0 Å². The van der Waals surface area contributed by atoms with E-state index < -0.39 is 0 Å². The number of hydrogen-bond donors (Lipinski definition) is 2. The van der Waals surface area contributed by atoms with E-state index in [0.29, 0.717) is 6.04 Å². The van der Waals surface area contributed by atoms with Crippen molar-refractivity contribution in [1.29, 1.82) is 0 Å². The molecule has 2 heterocycles. The summed E-state index contributed by atoms with van der Waals surface area (Å²) in [4.78, 5) is 11.6. The lowest BCUT2D eigenvalue weighted by atomic mass is 9.78. The summed E-state index contributed by atoms with van der Waals surface area (Å²) < 4.78 is 1.69. The Hall–Kier alpha value is -1.43. The number of aryl methyl sites for hydroxylation is 1. The highest BCUT2D eigenvalue weighted by Crippen LogP contribution is 2.34. The van der Waals surface area contributed by atoms with E-state index in [2.05, 4.69) is 29.5 Å². The van der Waals surface area contributed by atoms with Gasteiger partial charge < -0.3 is 11.1 Å². The molecule has 0 spiro atoms. The number of piperidine rings is 1. The molecule has 1 aliphatic rings. The van der Waals surface area contributed by atoms with Crippen molar-refractivity contribution in [3.05, 3.63) is 11.9 Å². The van der Waals surface area contributed by atoms with Gasteiger partial charge in [0.1, 0.15) is 0 Å². The van der Waals surface area contributed by atoms with E-state index in [-0.39, 0.29) is 23.8 Å². The molecule has 1 aliphatic heterocycles. The number of amides is 1. The van der Waals surface area contributed by atoms with Gasteiger partial charge in [0.15, 0.2) is 0 Å². The van der Waals surface area contributed by atoms with Crippen LogP contribution in [0, 0.1) is 11.8 Å². The Balaban J connectivity index is 2.34. The van der Waals surface area contributed by atoms with Crippen LogP contribution in [0.2, 0.25) is 0 Å². The van der Waals surface area contributed by atoms with Crippen molar-refractivity contribution in [3.63, 3.8) is 0 Å². The van der Waals surface area contributed by atoms with Crippen molar-refractivity contribution in [2.45, 2.75) is 32.4 Å². The minimum Gasteiger partial charge on any atom is -0.369 e. The van der Waals surface area contributed by atoms with Crippen LogP contribution in [-0.4, -0.2) is 26.9 Å². The van der Waals surface area contributed by atoms with E-state index in [9.17, 15) is 4.79 Å². The predicted molar refractivity (Wildman–Crippen MR) is 62.8 cm³/mol. The quantitative estimate of drug-likeness (QED) is 0.756. The first kappa shape index (κ1) is 12.0. The van der Waals surface area contributed by atoms with Gasteiger partial charge in [-0.3, -0.25) is 9.48 Å². The van der Waals surface area contributed by atoms with E-state index in [1.807, 2.05) is 7.05 Å². The molecular formula is C11H19N5O. The van der Waals surface area contributed by atoms with Gasteiger partial charge in [0.25, 0.3) is 0 Å². The van der Waals surface area contributed by atoms with Crippen LogP contribution >= 0.6 is 0 Å². The topological polar surface area (TPSA) is 85.8 Å². The Morgan fingerprint density at radius 2 is 2.29 bits per heavy atom. The first-order valence-corrected chi connectivity index (χ1v) is 5.90. The average molecular weight is 237 g/mol. The summed E-state index contributed by atoms with van der Waals surface area (Å²) in [5, 5.41) is 11.2. The smallest absolute Gasteiger partial charge is 0.222 e. The average Bonchev–Trinajstić information content (AvgIpc) is 2.62. The fourth-order valence-corrected chi connectivity index (χ4v) is 2.80. The molecular weight excluding hydrogens is 218 g/mol. The fourth-order valence-electron chi connectivity index (χ4n) is 2.80. The lowest BCUT2D eigenvalue weighted by Gasteiger charge is -2.38. The Labute approximate surface area is 101 Å². The lowest BCUT2D eigenvalue weighted by molar-refractivity contribution is -0.125. The van der Waals surface area contributed by atoms with E-state index >= 15 is 0 Å². The molecule has 3 N–H and O–H groups in total. The van der Waals surface area contributed by atoms with E-state index in [0.717, 1.165) is 12.1 Å². The zero-order valence-corrected chi connectivity index (χ0v) is 10.4. The standard InChI is InChI=1S/C11H19N5O/c1-6-4-7(2)14-10(9(6)11(12)17)8-5-13-15-16(8)3/h5-7,9-10,14H,4H2,1-3H3,(H2,12,17). The highest BCUT2D eigenvalue weighted by molar-refractivity contribution is 5.78. The number of nitrogens with zero attached hydrogens (tertiary/aromatic N) is 3. The van der Waals surface area contributed by atoms with E-state index in [1.54, 1.807) is 10.9 Å². The maximum Gasteiger partial charge on any atom is 0.222 e. The Bertz CT molecular complexity index is 416. The molecule has 4 atom stereocenters. The van der Waals surface area contributed by atoms with Crippen molar-refractivity contribution in [2.75, 3.05) is 0 Å². The van der Waals surface area contributed by atoms with Crippen molar-refractivity contribution in [2.24, 2.45) is 24.6 Å². The molecule has 1 aromatic rings. The number of carbonyl (C=O) groups is 1. The molecule has 4 unspecified atom stereocenters. The molecule has 0 saturated carbocycles. The number of nitrogens with one attached hydrogen (secondary N) is 1. The molecule has 94 valence electrons. The van der Waals surface area contributed by atoms with Gasteiger partial charge in [-0.2, -0.15) is 0 Å². The van der Waals surface area contributed by atoms with Gasteiger partial charge >= 0.3 is 0 Å². The van der Waals surface area contributed by atoms with Crippen LogP contribution in [0.1, 0.15) is 32.0 Å². The zero-order chi connectivity index (χ0) is 12.6. The zero-order valence-electron chi connectivity index (χ0n) is 10.4. The SMILES string of the molecule is CC1CC(C)C(C(N)=O)C(c2cnnn2C)N1. The van der Waals surface area contributed by atoms with Gasteiger partial charge in [-0.25, -0.2) is 0 Å². The van der Waals surface area contributed by atoms with Crippen LogP contribution in [0.15, 0.2) is 6.20 Å². The maximum absolute atomic E-state index is 11.6. The van der Waals surface area contributed by atoms with Crippen LogP contribution in [-0.2, 0) is 11.8 Å². The second-order valence-corrected chi connectivity index (χ2v) is 4.97. The minimum absolute atomic E-state index is 0.0914. The third-order valence-corrected chi connectivity index (χ3v) is 3.56. The largest absolute Gasteiger partial charge is 0.369 e. The summed E-state index contributed by atoms with van der Waals surface area (Å²) in [5.74, 6) is -0.199. The maximum atomic E-state index is 11.6. The summed E-state index contributed by atoms with van der Waals surface area (Å²) in [6.07, 6.45) is 2.65. The first-order valence-electron chi connectivity index (χ1n) is 5.90. The van der Waals surface area contributed by atoms with Crippen molar-refractivity contribution >= 4 is 5.91 Å². The molecule has 17 heavy (non-hydrogen) atoms. The summed E-state index contributed by atoms with van der Waals surface area (Å²) in [6.45, 7) is 4.19. The van der Waals surface area contributed by atoms with Gasteiger partial charge in [-0.05, 0) is 19.3 Å². The first-order chi connectivity index (χ1) is 8.00. The molecule has 0 bridgehead atoms. The number of hydrogen-bond acceptors (Lipinski definition) is 4. The van der Waals surface area contributed by atoms with Crippen molar-refractivity contribution < 1.29 is 4.79 Å². The van der Waals surface area contributed by atoms with Crippen LogP contribution in [0.25, 0.3) is 0 Å². The Morgan fingerprint density at radius 1 is 1.59 bits per heavy atom. The van der Waals surface area contributed by atoms with Gasteiger partial charge in [0, 0.05) is 13.1 Å². The molecule has 0 aromatic carbocycles. The van der Waals surface area contributed by atoms with Crippen LogP contribution in [0.4, 0.5) is 0 Å². The number of aromatic nitrogens is 3. The molecule has 1 aromatic heterocycles. The number of primary amides is 1. The van der Waals surface area contributed by atoms with Crippen molar-refractivity contribution in [1.82, 2.24) is 20.3 Å². The Morgan fingerprint density at radius 3 is 2.82 bits per heavy atom. The van der Waals surface area contributed by atoms with Crippen LogP contribution in [0.5, 0.6) is 0 Å². The van der Waals surface area contributed by atoms with Gasteiger partial charge in [0.2, 0.25) is 5.91 Å². The molecule has 1 saturated heterocycles. The molecule has 0 radical (unpaired) electrons. The van der Waals surface area contributed by atoms with Gasteiger partial charge in [-0.1, -0.05) is 12.1 Å². The number of carbonyl (C=O) groups excluding carboxylic acids is 1. The molecule has 6 heteroatoms. The summed E-state index contributed by atoms with van der Waals surface area (Å²) in [5.41, 5.74) is 6.43. The minimum atomic E-state index is -0.261. The third-order valence-electron chi connectivity index (χ3n) is 3.56. The van der Waals surface area contributed by atoms with Crippen molar-refractivity contribution in [3.8, 4) is 0 Å². The predicted octanol–water partition coefficient (Wildman–Crippen LogP) is -0.0244. The lowest BCUT2D eigenvalue weighted by Crippen LogP contribution is -2.49. The molecule has 1 fully saturated rings. The monoisotopic (exact) mass is 237 g/mol. The highest BCUT2D eigenvalue weighted by atomic mass is 16.1. The molecule has 6 nitrogen and oxygen atoms in total. The van der Waals surface area contributed by atoms with E-state index in [4.69, 9.17) is 5.73 Å². The summed E-state index contributed by atoms with van der Waals surface area (Å²) in [7, 11) is 1.83.